The first-order valence-electron chi connectivity index (χ1n) is 48.2. The van der Waals surface area contributed by atoms with Gasteiger partial charge in [-0.25, -0.2) is 41.3 Å². The number of nitrogens with zero attached hydrogens (tertiary/aromatic N) is 18. The summed E-state index contributed by atoms with van der Waals surface area (Å²) in [5.41, 5.74) is 10.8. The van der Waals surface area contributed by atoms with Crippen molar-refractivity contribution in [1.82, 2.24) is 75.1 Å². The molecule has 8 atom stereocenters. The second-order valence-corrected chi connectivity index (χ2v) is 44.0. The molecule has 783 valence electrons. The van der Waals surface area contributed by atoms with Crippen molar-refractivity contribution in [1.29, 1.82) is 0 Å². The average Bonchev–Trinajstić information content (AvgIpc) is 1.74. The van der Waals surface area contributed by atoms with Crippen molar-refractivity contribution < 1.29 is 103 Å². The Kier molecular flexibility index (Phi) is 41.8. The van der Waals surface area contributed by atoms with Gasteiger partial charge in [0.1, 0.15) is 51.7 Å². The van der Waals surface area contributed by atoms with Crippen molar-refractivity contribution in [3.05, 3.63) is 196 Å². The maximum absolute atomic E-state index is 14.9. The van der Waals surface area contributed by atoms with Crippen LogP contribution in [-0.2, 0) is 61.3 Å². The fourth-order valence-corrected chi connectivity index (χ4v) is 18.9. The van der Waals surface area contributed by atoms with Crippen LogP contribution in [0.4, 0.5) is 54.7 Å². The molecule has 6 aromatic carbocycles. The van der Waals surface area contributed by atoms with Gasteiger partial charge in [-0.3, -0.25) is 24.2 Å². The third-order valence-electron chi connectivity index (χ3n) is 26.2. The number of anilines is 4. The van der Waals surface area contributed by atoms with E-state index in [0.29, 0.717) is 152 Å². The van der Waals surface area contributed by atoms with Crippen molar-refractivity contribution >= 4 is 118 Å². The van der Waals surface area contributed by atoms with Gasteiger partial charge in [0.15, 0.2) is 0 Å². The van der Waals surface area contributed by atoms with Crippen molar-refractivity contribution in [2.24, 2.45) is 11.8 Å². The van der Waals surface area contributed by atoms with E-state index in [4.69, 9.17) is 60.6 Å². The van der Waals surface area contributed by atoms with E-state index in [1.807, 2.05) is 182 Å². The second kappa shape index (κ2) is 50.2. The van der Waals surface area contributed by atoms with Gasteiger partial charge in [0.05, 0.1) is 36.1 Å². The van der Waals surface area contributed by atoms with E-state index >= 15 is 0 Å². The Bertz CT molecular complexity index is 5720. The van der Waals surface area contributed by atoms with E-state index in [1.165, 1.54) is 31.2 Å². The van der Waals surface area contributed by atoms with Gasteiger partial charge < -0.3 is 68.9 Å². The van der Waals surface area contributed by atoms with Crippen LogP contribution in [0.3, 0.4) is 0 Å². The maximum Gasteiger partial charge on any atom is 0.410 e. The standard InChI is InChI=1S/C30H38ClF2N7O.C20H29ClN6O2.C20H30ClN3O3.C18H27ClN2O3.C15H19F2NO2.ClH.Y/c1-18-13-23(19(2)40-20(3)34-35-36-40)28(15-26(18)31)37-9-11-38(12-10-37)29(41)25-17-39(30(4,5)6)16-24(25)22-8-7-21(32)14-27(22)33;1-13-11-16(14(2)27-15(3)22-23-24-27)18(12-17(13)21)25-7-9-26(10-8-25)19(28)29-20(4,5)6;1-13-11-16(14(2)22-15(3)25)18(12-17(13)21)23-7-9-24(10-8-23)19(26)27-20(4,5)6;1-12-10-14(13(2)22)16(11-15(12)19)20-6-8-21(9-7-20)17(23)24-18(3,4)5;1-15(2,3)18-7-11(12(8-18)14(19)20)10-5-4-9(16)6-13(10)17;;/h7-8,13-15,19,24-25H,9-12,16-17H2,1-6H3;11-12,14H,7-10H2,1-6H3;11-12,14H,7-10H2,1-6H3,(H,22,25);10-11,13,22H,6-9H2,1-5H3;4-6,11-12H,7-8H2,1-3H3,(H,19,20);1H;/t19?,24-,25?;;;;11-,12?;;/m0...0../s1. The zero-order valence-electron chi connectivity index (χ0n) is 87.5. The minimum atomic E-state index is -0.939. The number of piperazine rings is 4. The Morgan fingerprint density at radius 1 is 0.413 bits per heavy atom. The first kappa shape index (κ1) is 119. The SMILES string of the molecule is CC(=O)NC(C)c1cc(C)c(Cl)cc1N1CCN(C(=O)OC(C)(C)C)CC1.CC(C)(C)N1CC(C(=O)O)[C@H](c2ccc(F)cc2F)C1.Cc1cc(C(C)O)c(N2CCN(C(=O)OC(C)(C)C)CC2)cc1Cl.Cc1cc(C(C)n2nnnc2C)c(N2CCN(C(=O)C3CN(C(C)(C)C)C[C@H]3c3ccc(F)cc3F)CC2)cc1Cl.Cc1cc(C(C)n2nnnc2C)c(N2CCN(C(=O)OC(C)(C)C)CC2)cc1Cl.Cl.[Y]. The number of aliphatic carboxylic acids is 1. The first-order chi connectivity index (χ1) is 65.7. The molecule has 0 aliphatic carbocycles. The van der Waals surface area contributed by atoms with Gasteiger partial charge in [0.25, 0.3) is 0 Å². The molecule has 5 amide bonds. The summed E-state index contributed by atoms with van der Waals surface area (Å²) < 4.78 is 75.5. The van der Waals surface area contributed by atoms with Gasteiger partial charge in [-0.1, -0.05) is 76.7 Å². The van der Waals surface area contributed by atoms with E-state index in [1.54, 1.807) is 26.3 Å². The molecule has 0 spiro atoms. The number of halogens is 9. The van der Waals surface area contributed by atoms with Gasteiger partial charge in [-0.15, -0.1) is 22.6 Å². The molecular formula is C103H144Cl5F4N19O11Y. The third kappa shape index (κ3) is 31.8. The smallest absolute Gasteiger partial charge is 0.410 e. The molecule has 8 aromatic rings. The molecule has 143 heavy (non-hydrogen) atoms. The Morgan fingerprint density at radius 2 is 0.699 bits per heavy atom. The summed E-state index contributed by atoms with van der Waals surface area (Å²) in [6, 6.07) is 22.8. The van der Waals surface area contributed by atoms with Crippen molar-refractivity contribution in [2.75, 3.05) is 150 Å². The van der Waals surface area contributed by atoms with Gasteiger partial charge in [0, 0.05) is 265 Å². The van der Waals surface area contributed by atoms with Gasteiger partial charge in [-0.05, 0) is 275 Å². The normalized spacial score (nSPS) is 18.5. The summed E-state index contributed by atoms with van der Waals surface area (Å²) >= 11 is 25.7. The largest absolute Gasteiger partial charge is 0.481 e. The number of hydrogen-bond acceptors (Lipinski definition) is 22. The molecule has 14 rings (SSSR count). The topological polar surface area (TPSA) is 302 Å². The summed E-state index contributed by atoms with van der Waals surface area (Å²) in [4.78, 5) is 93.9. The number of aryl methyl sites for hydroxylation is 6. The van der Waals surface area contributed by atoms with Crippen LogP contribution in [0.25, 0.3) is 0 Å². The first-order valence-corrected chi connectivity index (χ1v) is 49.7. The molecule has 6 fully saturated rings. The Hall–Kier alpha value is -8.97. The van der Waals surface area contributed by atoms with Crippen LogP contribution in [-0.4, -0.2) is 275 Å². The van der Waals surface area contributed by atoms with Crippen LogP contribution in [0.5, 0.6) is 0 Å². The number of carbonyl (C=O) groups excluding carboxylic acids is 5. The molecule has 6 aliphatic heterocycles. The number of amides is 5. The number of benzene rings is 6. The quantitative estimate of drug-likeness (QED) is 0.0634. The number of carboxylic acid groups (broad SMARTS) is 1. The number of rotatable bonds is 15. The number of aliphatic hydroxyl groups excluding tert-OH is 1. The monoisotopic (exact) mass is 2160 g/mol. The number of hydrogen-bond donors (Lipinski definition) is 3. The van der Waals surface area contributed by atoms with Crippen molar-refractivity contribution in [3.8, 4) is 0 Å². The van der Waals surface area contributed by atoms with Gasteiger partial charge in [-0.2, -0.15) is 0 Å². The van der Waals surface area contributed by atoms with Crippen LogP contribution >= 0.6 is 58.8 Å². The maximum atomic E-state index is 14.9. The number of aliphatic hydroxyl groups is 1. The van der Waals surface area contributed by atoms with E-state index in [0.717, 1.165) is 96.1 Å². The predicted molar refractivity (Wildman–Crippen MR) is 552 cm³/mol. The molecule has 6 unspecified atom stereocenters. The zero-order chi connectivity index (χ0) is 104. The minimum Gasteiger partial charge on any atom is -0.481 e. The molecule has 0 bridgehead atoms. The Labute approximate surface area is 891 Å². The molecule has 2 aromatic heterocycles. The molecular weight excluding hydrogens is 2020 g/mol. The van der Waals surface area contributed by atoms with Crippen LogP contribution < -0.4 is 24.9 Å². The number of tetrazole rings is 2. The summed E-state index contributed by atoms with van der Waals surface area (Å²) in [5.74, 6) is -3.92. The number of likely N-dealkylation sites (tertiary alicyclic amines) is 2. The minimum absolute atomic E-state index is 0. The number of carbonyl (C=O) groups is 6. The number of aromatic nitrogens is 8. The fraction of sp³-hybridized carbons (Fsp3) is 0.573. The molecule has 6 aliphatic rings. The fourth-order valence-electron chi connectivity index (χ4n) is 18.3. The van der Waals surface area contributed by atoms with Gasteiger partial charge >= 0.3 is 24.2 Å². The number of nitrogens with one attached hydrogen (secondary N) is 1. The Morgan fingerprint density at radius 3 is 0.979 bits per heavy atom. The van der Waals surface area contributed by atoms with E-state index in [9.17, 15) is 56.5 Å². The number of ether oxygens (including phenoxy) is 3. The van der Waals surface area contributed by atoms with Crippen LogP contribution in [0.2, 0.25) is 20.1 Å². The van der Waals surface area contributed by atoms with Crippen LogP contribution in [0.15, 0.2) is 84.9 Å². The molecule has 1 radical (unpaired) electrons. The second-order valence-electron chi connectivity index (χ2n) is 42.4. The van der Waals surface area contributed by atoms with Crippen molar-refractivity contribution in [3.63, 3.8) is 0 Å². The molecule has 30 nitrogen and oxygen atoms in total. The van der Waals surface area contributed by atoms with E-state index in [-0.39, 0.29) is 116 Å². The Balaban J connectivity index is 0.000000223. The average molecular weight is 2170 g/mol. The summed E-state index contributed by atoms with van der Waals surface area (Å²) in [5, 5.41) is 49.1. The van der Waals surface area contributed by atoms with Gasteiger partial charge in [0.2, 0.25) is 11.8 Å². The van der Waals surface area contributed by atoms with Crippen molar-refractivity contribution in [2.45, 2.75) is 244 Å². The molecule has 6 saturated heterocycles. The van der Waals surface area contributed by atoms with E-state index in [2.05, 4.69) is 108 Å². The molecule has 40 heteroatoms. The van der Waals surface area contributed by atoms with Crippen LogP contribution in [0.1, 0.15) is 242 Å². The van der Waals surface area contributed by atoms with Crippen LogP contribution in [0, 0.1) is 76.6 Å². The number of carboxylic acids is 1. The summed E-state index contributed by atoms with van der Waals surface area (Å²) in [6.45, 7) is 62.0. The molecule has 8 heterocycles. The third-order valence-corrected chi connectivity index (χ3v) is 27.8. The molecule has 0 saturated carbocycles. The zero-order valence-corrected chi connectivity index (χ0v) is 94.2. The summed E-state index contributed by atoms with van der Waals surface area (Å²) in [7, 11) is 0. The predicted octanol–water partition coefficient (Wildman–Crippen LogP) is 19.5. The summed E-state index contributed by atoms with van der Waals surface area (Å²) in [6.07, 6.45) is -1.40. The van der Waals surface area contributed by atoms with E-state index < -0.39 is 69.9 Å². The molecule has 3 N–H and O–H groups in total.